The highest BCUT2D eigenvalue weighted by molar-refractivity contribution is 5.92. The number of esters is 1. The van der Waals surface area contributed by atoms with Crippen molar-refractivity contribution >= 4 is 18.0 Å². The van der Waals surface area contributed by atoms with Gasteiger partial charge in [-0.3, -0.25) is 14.5 Å². The van der Waals surface area contributed by atoms with Gasteiger partial charge in [-0.1, -0.05) is 48.5 Å². The second kappa shape index (κ2) is 13.4. The molecule has 1 spiro atoms. The van der Waals surface area contributed by atoms with E-state index in [1.165, 1.54) is 43.5 Å². The van der Waals surface area contributed by atoms with E-state index in [1.807, 2.05) is 29.2 Å². The Balaban J connectivity index is 1.15. The molecule has 2 aliphatic heterocycles. The number of carbonyl (C=O) groups is 2. The first-order valence-electron chi connectivity index (χ1n) is 18.7. The van der Waals surface area contributed by atoms with Crippen LogP contribution in [-0.4, -0.2) is 70.2 Å². The summed E-state index contributed by atoms with van der Waals surface area (Å²) in [7, 11) is 0. The van der Waals surface area contributed by atoms with Crippen LogP contribution in [0.4, 0.5) is 13.2 Å². The van der Waals surface area contributed by atoms with Gasteiger partial charge in [-0.2, -0.15) is 13.2 Å². The fourth-order valence-corrected chi connectivity index (χ4v) is 9.78. The maximum Gasteiger partial charge on any atom is 0.416 e. The number of rotatable bonds is 11. The molecule has 7 nitrogen and oxygen atoms in total. The van der Waals surface area contributed by atoms with Crippen LogP contribution in [0.2, 0.25) is 0 Å². The molecule has 0 radical (unpaired) electrons. The van der Waals surface area contributed by atoms with Gasteiger partial charge in [0.2, 0.25) is 5.91 Å². The van der Waals surface area contributed by atoms with Crippen molar-refractivity contribution in [1.82, 2.24) is 9.80 Å². The van der Waals surface area contributed by atoms with Crippen molar-refractivity contribution in [3.8, 4) is 11.5 Å². The van der Waals surface area contributed by atoms with Crippen LogP contribution in [0, 0.1) is 5.92 Å². The zero-order chi connectivity index (χ0) is 36.3. The Morgan fingerprint density at radius 3 is 2.60 bits per heavy atom. The number of benzene rings is 3. The van der Waals surface area contributed by atoms with Crippen molar-refractivity contribution in [3.05, 3.63) is 101 Å². The van der Waals surface area contributed by atoms with Crippen molar-refractivity contribution in [3.63, 3.8) is 0 Å². The number of nitrogens with zero attached hydrogens (tertiary/aromatic N) is 2. The number of amides is 1. The summed E-state index contributed by atoms with van der Waals surface area (Å²) in [4.78, 5) is 30.9. The van der Waals surface area contributed by atoms with Gasteiger partial charge < -0.3 is 19.5 Å². The van der Waals surface area contributed by atoms with Crippen LogP contribution >= 0.6 is 0 Å². The molecule has 3 fully saturated rings. The van der Waals surface area contributed by atoms with Crippen molar-refractivity contribution < 1.29 is 37.3 Å². The molecule has 10 heteroatoms. The van der Waals surface area contributed by atoms with E-state index in [0.717, 1.165) is 49.2 Å². The number of aliphatic hydroxyl groups is 1. The molecule has 0 aromatic heterocycles. The number of ether oxygens (including phenoxy) is 2. The van der Waals surface area contributed by atoms with E-state index in [1.54, 1.807) is 12.1 Å². The van der Waals surface area contributed by atoms with Gasteiger partial charge in [0.25, 0.3) is 0 Å². The van der Waals surface area contributed by atoms with Crippen LogP contribution in [-0.2, 0) is 34.0 Å². The van der Waals surface area contributed by atoms with Gasteiger partial charge in [0.05, 0.1) is 22.6 Å². The molecule has 52 heavy (non-hydrogen) atoms. The highest BCUT2D eigenvalue weighted by atomic mass is 19.4. The lowest BCUT2D eigenvalue weighted by Gasteiger charge is -2.65. The van der Waals surface area contributed by atoms with Crippen LogP contribution < -0.4 is 9.47 Å². The Kier molecular flexibility index (Phi) is 8.97. The van der Waals surface area contributed by atoms with Crippen LogP contribution in [0.1, 0.15) is 79.7 Å². The fraction of sp³-hybridized carbons (Fsp3) is 0.476. The van der Waals surface area contributed by atoms with Gasteiger partial charge in [-0.15, -0.1) is 0 Å². The Labute approximate surface area is 302 Å². The Hall–Kier alpha value is -4.15. The van der Waals surface area contributed by atoms with Gasteiger partial charge in [-0.25, -0.2) is 0 Å². The van der Waals surface area contributed by atoms with E-state index in [-0.39, 0.29) is 17.5 Å². The van der Waals surface area contributed by atoms with Gasteiger partial charge in [-0.05, 0) is 111 Å². The molecule has 3 aliphatic carbocycles. The van der Waals surface area contributed by atoms with Crippen molar-refractivity contribution in [2.24, 2.45) is 5.92 Å². The van der Waals surface area contributed by atoms with Gasteiger partial charge in [0, 0.05) is 37.7 Å². The van der Waals surface area contributed by atoms with Crippen molar-refractivity contribution in [2.75, 3.05) is 19.6 Å². The zero-order valence-corrected chi connectivity index (χ0v) is 29.4. The average Bonchev–Trinajstić information content (AvgIpc) is 3.87. The topological polar surface area (TPSA) is 79.3 Å². The summed E-state index contributed by atoms with van der Waals surface area (Å²) in [6.45, 7) is 3.50. The molecule has 1 amide bonds. The number of unbranched alkanes of at least 4 members (excludes halogenated alkanes) is 1. The molecular weight excluding hydrogens is 669 g/mol. The van der Waals surface area contributed by atoms with Crippen LogP contribution in [0.15, 0.2) is 72.8 Å². The van der Waals surface area contributed by atoms with Crippen molar-refractivity contribution in [1.29, 1.82) is 0 Å². The maximum atomic E-state index is 14.4. The molecule has 8 rings (SSSR count). The summed E-state index contributed by atoms with van der Waals surface area (Å²) in [5.74, 6) is 0.665. The van der Waals surface area contributed by atoms with Gasteiger partial charge in [0.1, 0.15) is 6.10 Å². The number of halogens is 3. The Morgan fingerprint density at radius 2 is 1.85 bits per heavy atom. The lowest BCUT2D eigenvalue weighted by molar-refractivity contribution is -0.201. The smallest absolute Gasteiger partial charge is 0.416 e. The number of carbonyl (C=O) groups excluding carboxylic acids is 2. The van der Waals surface area contributed by atoms with E-state index in [2.05, 4.69) is 17.0 Å². The predicted octanol–water partition coefficient (Wildman–Crippen LogP) is 7.13. The first-order valence-corrected chi connectivity index (χ1v) is 18.7. The molecule has 2 heterocycles. The predicted molar refractivity (Wildman–Crippen MR) is 190 cm³/mol. The molecule has 3 aromatic rings. The number of piperidine rings is 1. The first-order chi connectivity index (χ1) is 25.0. The lowest BCUT2D eigenvalue weighted by Crippen LogP contribution is -2.78. The summed E-state index contributed by atoms with van der Waals surface area (Å²) in [6.07, 6.45) is 4.75. The molecule has 2 bridgehead atoms. The van der Waals surface area contributed by atoms with E-state index in [9.17, 15) is 27.9 Å². The number of hydrogen-bond acceptors (Lipinski definition) is 6. The highest BCUT2D eigenvalue weighted by Gasteiger charge is 2.73. The molecule has 274 valence electrons. The minimum absolute atomic E-state index is 0.109. The monoisotopic (exact) mass is 714 g/mol. The molecule has 1 saturated heterocycles. The first kappa shape index (κ1) is 34.9. The molecule has 5 aliphatic rings. The minimum Gasteiger partial charge on any atom is -0.483 e. The highest BCUT2D eigenvalue weighted by Crippen LogP contribution is 2.66. The largest absolute Gasteiger partial charge is 0.483 e. The maximum absolute atomic E-state index is 14.4. The molecule has 3 aromatic carbocycles. The lowest BCUT2D eigenvalue weighted by atomic mass is 9.48. The second-order valence-corrected chi connectivity index (χ2v) is 15.4. The third-order valence-corrected chi connectivity index (χ3v) is 12.2. The van der Waals surface area contributed by atoms with E-state index < -0.39 is 40.9 Å². The quantitative estimate of drug-likeness (QED) is 0.0987. The fourth-order valence-electron chi connectivity index (χ4n) is 9.78. The molecule has 0 unspecified atom stereocenters. The average molecular weight is 715 g/mol. The summed E-state index contributed by atoms with van der Waals surface area (Å²) in [5.41, 5.74) is 0.745. The number of aryl methyl sites for hydroxylation is 1. The number of likely N-dealkylation sites (tertiary alicyclic amines) is 1. The zero-order valence-electron chi connectivity index (χ0n) is 29.4. The third kappa shape index (κ3) is 6.11. The minimum atomic E-state index is -4.50. The summed E-state index contributed by atoms with van der Waals surface area (Å²) in [6, 6.07) is 18.4. The molecule has 2 saturated carbocycles. The molecule has 1 N–H and O–H groups in total. The normalized spacial score (nSPS) is 27.6. The third-order valence-electron chi connectivity index (χ3n) is 12.2. The molecule has 5 atom stereocenters. The van der Waals surface area contributed by atoms with Gasteiger partial charge >= 0.3 is 12.1 Å². The van der Waals surface area contributed by atoms with E-state index in [0.29, 0.717) is 56.1 Å². The van der Waals surface area contributed by atoms with Crippen molar-refractivity contribution in [2.45, 2.75) is 100 Å². The summed E-state index contributed by atoms with van der Waals surface area (Å²) >= 11 is 0. The second-order valence-electron chi connectivity index (χ2n) is 15.4. The SMILES string of the molecule is CC(=O)Oc1ccc2c3c1O[C@H]1[C@H](N(CCCCc4ccccc4)C(=O)C=Cc4cccc(C(F)(F)F)c4)CC[C@@]4(O)[C@@H](C2)N(CC2CC2)CC[C@]314. The van der Waals surface area contributed by atoms with E-state index >= 15 is 0 Å². The van der Waals surface area contributed by atoms with Crippen LogP contribution in [0.5, 0.6) is 11.5 Å². The Morgan fingerprint density at radius 1 is 1.04 bits per heavy atom. The summed E-state index contributed by atoms with van der Waals surface area (Å²) < 4.78 is 53.1. The number of alkyl halides is 3. The standard InChI is InChI=1S/C42H45F3N2O5/c1-27(48)51-34-17-16-31-25-35-41(50)20-19-33(39-40(41,37(31)38(34)52-39)21-23-46(35)26-30-13-14-30)47(22-6-5-10-28-8-3-2-4-9-28)36(49)18-15-29-11-7-12-32(24-29)42(43,44)45/h2-4,7-9,11-12,15-18,24,30,33,35,39,50H,5-6,10,13-14,19-23,25-26H2,1H3/t33-,35-,39+,40+,41-/m1/s1. The Bertz CT molecular complexity index is 1880. The molecular formula is C42H45F3N2O5. The number of hydrogen-bond donors (Lipinski definition) is 1. The van der Waals surface area contributed by atoms with Gasteiger partial charge in [0.15, 0.2) is 11.5 Å². The van der Waals surface area contributed by atoms with Crippen LogP contribution in [0.3, 0.4) is 0 Å². The van der Waals surface area contributed by atoms with E-state index in [4.69, 9.17) is 9.47 Å². The summed E-state index contributed by atoms with van der Waals surface area (Å²) in [5, 5.41) is 13.1. The van der Waals surface area contributed by atoms with Crippen LogP contribution in [0.25, 0.3) is 6.08 Å².